The Morgan fingerprint density at radius 2 is 1.21 bits per heavy atom. The van der Waals surface area contributed by atoms with Crippen LogP contribution in [0, 0.1) is 20.2 Å². The van der Waals surface area contributed by atoms with Crippen molar-refractivity contribution < 1.29 is 9.85 Å². The first-order valence-corrected chi connectivity index (χ1v) is 5.58. The van der Waals surface area contributed by atoms with Gasteiger partial charge in [0.05, 0.1) is 9.85 Å². The molecule has 0 aliphatic rings. The molecule has 0 aliphatic heterocycles. The number of hydrogen-bond donors (Lipinski definition) is 1. The summed E-state index contributed by atoms with van der Waals surface area (Å²) in [6, 6.07) is 0. The van der Waals surface area contributed by atoms with Crippen molar-refractivity contribution in [3.05, 3.63) is 31.9 Å². The molecule has 104 valence electrons. The van der Waals surface area contributed by atoms with Crippen LogP contribution in [0.4, 0.5) is 5.95 Å². The lowest BCUT2D eigenvalue weighted by atomic mass is 10.5. The van der Waals surface area contributed by atoms with E-state index in [-0.39, 0.29) is 0 Å². The van der Waals surface area contributed by atoms with Gasteiger partial charge in [0, 0.05) is 0 Å². The minimum atomic E-state index is -2.79. The molecule has 0 aromatic carbocycles. The summed E-state index contributed by atoms with van der Waals surface area (Å²) in [7, 11) is 0. The van der Waals surface area contributed by atoms with E-state index < -0.39 is 36.4 Å². The fraction of sp³-hybridized carbons (Fsp3) is 0.400. The zero-order valence-corrected chi connectivity index (χ0v) is 11.5. The van der Waals surface area contributed by atoms with Crippen LogP contribution in [0.5, 0.6) is 0 Å². The van der Waals surface area contributed by atoms with E-state index in [0.29, 0.717) is 0 Å². The molecule has 0 bridgehead atoms. The first kappa shape index (κ1) is 15.8. The zero-order chi connectivity index (χ0) is 15.0. The number of anilines is 1. The molecule has 0 fully saturated rings. The highest BCUT2D eigenvalue weighted by Crippen LogP contribution is 2.36. The molecule has 0 spiro atoms. The molecule has 0 unspecified atom stereocenters. The third-order valence-electron chi connectivity index (χ3n) is 1.65. The summed E-state index contributed by atoms with van der Waals surface area (Å²) in [4.78, 5) is 28.9. The van der Waals surface area contributed by atoms with Gasteiger partial charge in [0.15, 0.2) is 0 Å². The van der Waals surface area contributed by atoms with Crippen LogP contribution in [-0.2, 0) is 8.91 Å². The van der Waals surface area contributed by atoms with Crippen molar-refractivity contribution in [2.24, 2.45) is 0 Å². The highest BCUT2D eigenvalue weighted by atomic mass is 35.5. The molecule has 0 amide bonds. The van der Waals surface area contributed by atoms with Gasteiger partial charge in [-0.1, -0.05) is 0 Å². The van der Waals surface area contributed by atoms with E-state index in [9.17, 15) is 20.2 Å². The lowest BCUT2D eigenvalue weighted by molar-refractivity contribution is -0.527. The molecule has 14 heteroatoms. The molecule has 0 atom stereocenters. The van der Waals surface area contributed by atoms with E-state index in [0.717, 1.165) is 0 Å². The topological polar surface area (TPSA) is 151 Å². The Kier molecular flexibility index (Phi) is 4.20. The van der Waals surface area contributed by atoms with Gasteiger partial charge in [0.2, 0.25) is 17.6 Å². The van der Waals surface area contributed by atoms with E-state index >= 15 is 0 Å². The lowest BCUT2D eigenvalue weighted by Crippen LogP contribution is -2.31. The van der Waals surface area contributed by atoms with Crippen LogP contribution in [-0.4, -0.2) is 24.8 Å². The van der Waals surface area contributed by atoms with Crippen LogP contribution in [0.3, 0.4) is 0 Å². The number of hydrogen-bond acceptors (Lipinski definition) is 8. The normalized spacial score (nSPS) is 12.2. The molecule has 0 aliphatic carbocycles. The molecule has 1 aromatic rings. The number of nitro groups is 2. The average Bonchev–Trinajstić information content (AvgIpc) is 2.27. The van der Waals surface area contributed by atoms with Crippen LogP contribution in [0.1, 0.15) is 11.6 Å². The van der Waals surface area contributed by atoms with Crippen LogP contribution in [0.15, 0.2) is 0 Å². The Hall–Kier alpha value is -1.23. The van der Waals surface area contributed by atoms with E-state index in [4.69, 9.17) is 52.1 Å². The molecule has 1 aromatic heterocycles. The van der Waals surface area contributed by atoms with Crippen LogP contribution < -0.4 is 5.73 Å². The summed E-state index contributed by atoms with van der Waals surface area (Å²) in [6.07, 6.45) is 0. The fourth-order valence-electron chi connectivity index (χ4n) is 0.825. The number of alkyl halides is 4. The third kappa shape index (κ3) is 3.03. The van der Waals surface area contributed by atoms with Crippen molar-refractivity contribution in [1.29, 1.82) is 0 Å². The standard InChI is InChI=1S/C5H2Cl4N6O4/c6-4(7,14(16)17)1-11-2(13-3(10)12-1)5(8,9)15(18)19/h(H2,10,11,12,13). The van der Waals surface area contributed by atoms with Gasteiger partial charge in [0.1, 0.15) is 0 Å². The zero-order valence-electron chi connectivity index (χ0n) is 8.46. The first-order chi connectivity index (χ1) is 8.49. The fourth-order valence-corrected chi connectivity index (χ4v) is 1.16. The van der Waals surface area contributed by atoms with Crippen molar-refractivity contribution in [2.45, 2.75) is 8.91 Å². The predicted molar refractivity (Wildman–Crippen MR) is 65.0 cm³/mol. The summed E-state index contributed by atoms with van der Waals surface area (Å²) in [5.41, 5.74) is 5.21. The molecule has 0 saturated heterocycles. The summed E-state index contributed by atoms with van der Waals surface area (Å²) in [6.45, 7) is 0. The van der Waals surface area contributed by atoms with E-state index in [1.54, 1.807) is 0 Å². The first-order valence-electron chi connectivity index (χ1n) is 4.06. The molecule has 2 N–H and O–H groups in total. The molecular formula is C5H2Cl4N6O4. The minimum absolute atomic E-state index is 0.625. The number of nitrogens with zero attached hydrogens (tertiary/aromatic N) is 5. The van der Waals surface area contributed by atoms with Crippen molar-refractivity contribution in [1.82, 2.24) is 15.0 Å². The van der Waals surface area contributed by atoms with Gasteiger partial charge < -0.3 is 5.73 Å². The number of aromatic nitrogens is 3. The van der Waals surface area contributed by atoms with Crippen molar-refractivity contribution in [2.75, 3.05) is 5.73 Å². The molecular weight excluding hydrogens is 350 g/mol. The summed E-state index contributed by atoms with van der Waals surface area (Å²) < 4.78 is -5.57. The minimum Gasteiger partial charge on any atom is -0.368 e. The summed E-state index contributed by atoms with van der Waals surface area (Å²) >= 11 is 21.5. The second kappa shape index (κ2) is 5.04. The Balaban J connectivity index is 3.46. The quantitative estimate of drug-likeness (QED) is 0.367. The van der Waals surface area contributed by atoms with Gasteiger partial charge in [-0.2, -0.15) is 15.0 Å². The Morgan fingerprint density at radius 3 is 1.47 bits per heavy atom. The van der Waals surface area contributed by atoms with Gasteiger partial charge in [-0.15, -0.1) is 0 Å². The summed E-state index contributed by atoms with van der Waals surface area (Å²) in [5.74, 6) is -2.33. The lowest BCUT2D eigenvalue weighted by Gasteiger charge is -2.13. The van der Waals surface area contributed by atoms with Gasteiger partial charge in [-0.3, -0.25) is 20.2 Å². The van der Waals surface area contributed by atoms with E-state index in [2.05, 4.69) is 15.0 Å². The molecule has 0 radical (unpaired) electrons. The molecule has 0 saturated carbocycles. The molecule has 10 nitrogen and oxygen atoms in total. The SMILES string of the molecule is Nc1nc(C(Cl)(Cl)[N+](=O)[O-])nc(C(Cl)(Cl)[N+](=O)[O-])n1. The van der Waals surface area contributed by atoms with Crippen LogP contribution >= 0.6 is 46.4 Å². The van der Waals surface area contributed by atoms with Crippen LogP contribution in [0.25, 0.3) is 0 Å². The largest absolute Gasteiger partial charge is 0.430 e. The van der Waals surface area contributed by atoms with Gasteiger partial charge >= 0.3 is 8.91 Å². The summed E-state index contributed by atoms with van der Waals surface area (Å²) in [5, 5.41) is 21.3. The van der Waals surface area contributed by atoms with Crippen molar-refractivity contribution in [3.63, 3.8) is 0 Å². The van der Waals surface area contributed by atoms with Crippen molar-refractivity contribution in [3.8, 4) is 0 Å². The predicted octanol–water partition coefficient (Wildman–Crippen LogP) is 1.18. The van der Waals surface area contributed by atoms with Gasteiger partial charge in [-0.05, 0) is 46.4 Å². The van der Waals surface area contributed by atoms with Gasteiger partial charge in [0.25, 0.3) is 0 Å². The number of halogens is 4. The third-order valence-corrected chi connectivity index (χ3v) is 2.88. The molecule has 19 heavy (non-hydrogen) atoms. The average molecular weight is 352 g/mol. The second-order valence-corrected chi connectivity index (χ2v) is 5.51. The number of nitrogen functional groups attached to an aromatic ring is 1. The maximum Gasteiger partial charge on any atom is 0.430 e. The second-order valence-electron chi connectivity index (χ2n) is 2.94. The molecule has 1 rings (SSSR count). The highest BCUT2D eigenvalue weighted by molar-refractivity contribution is 6.46. The Labute approximate surface area is 124 Å². The van der Waals surface area contributed by atoms with E-state index in [1.165, 1.54) is 0 Å². The monoisotopic (exact) mass is 350 g/mol. The van der Waals surface area contributed by atoms with Crippen molar-refractivity contribution >= 4 is 52.4 Å². The molecule has 1 heterocycles. The van der Waals surface area contributed by atoms with E-state index in [1.807, 2.05) is 0 Å². The maximum absolute atomic E-state index is 10.6. The smallest absolute Gasteiger partial charge is 0.368 e. The number of nitrogens with two attached hydrogens (primary N) is 1. The van der Waals surface area contributed by atoms with Crippen LogP contribution in [0.2, 0.25) is 0 Å². The Morgan fingerprint density at radius 1 is 0.895 bits per heavy atom. The van der Waals surface area contributed by atoms with Gasteiger partial charge in [-0.25, -0.2) is 0 Å². The Bertz CT molecular complexity index is 506. The number of rotatable bonds is 4. The highest BCUT2D eigenvalue weighted by Gasteiger charge is 2.49. The maximum atomic E-state index is 10.6.